The maximum absolute atomic E-state index is 13.0. The van der Waals surface area contributed by atoms with Gasteiger partial charge in [0.05, 0.1) is 18.1 Å². The molecule has 0 atom stereocenters. The molecule has 0 aromatic heterocycles. The lowest BCUT2D eigenvalue weighted by atomic mass is 10.1. The molecule has 4 heteroatoms. The van der Waals surface area contributed by atoms with Crippen LogP contribution in [0.25, 0.3) is 0 Å². The van der Waals surface area contributed by atoms with Gasteiger partial charge in [-0.05, 0) is 18.2 Å². The molecule has 1 aromatic carbocycles. The molecule has 0 aliphatic rings. The number of hydrogen-bond acceptors (Lipinski definition) is 1. The zero-order chi connectivity index (χ0) is 11.3. The Kier molecular flexibility index (Phi) is 3.76. The zero-order valence-corrected chi connectivity index (χ0v) is 7.60. The third kappa shape index (κ3) is 3.03. The smallest absolute Gasteiger partial charge is 0.206 e. The fourth-order valence-electron chi connectivity index (χ4n) is 0.968. The Morgan fingerprint density at radius 3 is 2.60 bits per heavy atom. The fraction of sp³-hybridized carbons (Fsp3) is 0.182. The van der Waals surface area contributed by atoms with E-state index in [0.29, 0.717) is 0 Å². The lowest BCUT2D eigenvalue weighted by Gasteiger charge is -2.00. The quantitative estimate of drug-likeness (QED) is 0.652. The van der Waals surface area contributed by atoms with Crippen LogP contribution in [0.1, 0.15) is 24.0 Å². The minimum absolute atomic E-state index is 0.0260. The first kappa shape index (κ1) is 11.1. The second-order valence-electron chi connectivity index (χ2n) is 2.67. The molecule has 76 valence electrons. The summed E-state index contributed by atoms with van der Waals surface area (Å²) in [7, 11) is 0. The van der Waals surface area contributed by atoms with Gasteiger partial charge in [-0.15, -0.1) is 0 Å². The Morgan fingerprint density at radius 2 is 2.07 bits per heavy atom. The summed E-state index contributed by atoms with van der Waals surface area (Å²) in [5.74, 6) is 3.98. The van der Waals surface area contributed by atoms with E-state index in [1.165, 1.54) is 6.07 Å². The highest BCUT2D eigenvalue weighted by Crippen LogP contribution is 2.22. The van der Waals surface area contributed by atoms with Gasteiger partial charge in [-0.2, -0.15) is 5.26 Å². The molecular formula is C11H6F3N. The molecular weight excluding hydrogens is 203 g/mol. The van der Waals surface area contributed by atoms with Gasteiger partial charge >= 0.3 is 0 Å². The summed E-state index contributed by atoms with van der Waals surface area (Å²) in [6.45, 7) is 0. The van der Waals surface area contributed by atoms with Gasteiger partial charge in [0.25, 0.3) is 6.43 Å². The first-order valence-electron chi connectivity index (χ1n) is 4.08. The van der Waals surface area contributed by atoms with E-state index >= 15 is 0 Å². The molecule has 0 fully saturated rings. The summed E-state index contributed by atoms with van der Waals surface area (Å²) in [4.78, 5) is 0. The summed E-state index contributed by atoms with van der Waals surface area (Å²) < 4.78 is 37.3. The standard InChI is InChI=1S/C11H6F3N/c12-10-7-8(3-1-2-6-15)4-5-9(10)11(13)14/h4-5,7,11H,2H2. The van der Waals surface area contributed by atoms with Crippen LogP contribution in [0.15, 0.2) is 18.2 Å². The van der Waals surface area contributed by atoms with Crippen molar-refractivity contribution in [2.75, 3.05) is 0 Å². The molecule has 1 aromatic rings. The lowest BCUT2D eigenvalue weighted by Crippen LogP contribution is -1.91. The molecule has 0 aliphatic carbocycles. The average Bonchev–Trinajstić information content (AvgIpc) is 2.17. The van der Waals surface area contributed by atoms with E-state index in [1.54, 1.807) is 6.07 Å². The molecule has 15 heavy (non-hydrogen) atoms. The molecule has 0 bridgehead atoms. The van der Waals surface area contributed by atoms with Crippen LogP contribution in [0.3, 0.4) is 0 Å². The van der Waals surface area contributed by atoms with E-state index in [4.69, 9.17) is 5.26 Å². The summed E-state index contributed by atoms with van der Waals surface area (Å²) in [6.07, 6.45) is -2.80. The van der Waals surface area contributed by atoms with Gasteiger partial charge in [0.2, 0.25) is 0 Å². The zero-order valence-electron chi connectivity index (χ0n) is 7.60. The van der Waals surface area contributed by atoms with Gasteiger partial charge in [-0.25, -0.2) is 13.2 Å². The van der Waals surface area contributed by atoms with Crippen molar-refractivity contribution in [1.29, 1.82) is 5.26 Å². The number of rotatable bonds is 1. The highest BCUT2D eigenvalue weighted by molar-refractivity contribution is 5.37. The molecule has 0 heterocycles. The van der Waals surface area contributed by atoms with Crippen molar-refractivity contribution in [2.45, 2.75) is 12.8 Å². The van der Waals surface area contributed by atoms with Crippen LogP contribution in [0.2, 0.25) is 0 Å². The second kappa shape index (κ2) is 5.07. The maximum atomic E-state index is 13.0. The van der Waals surface area contributed by atoms with Gasteiger partial charge in [-0.1, -0.05) is 11.8 Å². The van der Waals surface area contributed by atoms with Crippen LogP contribution in [0.5, 0.6) is 0 Å². The number of nitrogens with zero attached hydrogens (tertiary/aromatic N) is 1. The SMILES string of the molecule is N#CCC#Cc1ccc(C(F)F)c(F)c1. The van der Waals surface area contributed by atoms with E-state index in [-0.39, 0.29) is 12.0 Å². The Hall–Kier alpha value is -1.94. The van der Waals surface area contributed by atoms with E-state index in [1.807, 2.05) is 0 Å². The number of nitriles is 1. The third-order valence-electron chi connectivity index (χ3n) is 1.64. The van der Waals surface area contributed by atoms with Gasteiger partial charge in [0.15, 0.2) is 0 Å². The molecule has 0 N–H and O–H groups in total. The molecule has 1 rings (SSSR count). The van der Waals surface area contributed by atoms with Crippen molar-refractivity contribution in [3.8, 4) is 17.9 Å². The Bertz CT molecular complexity index is 449. The Labute approximate surface area is 85.1 Å². The number of hydrogen-bond donors (Lipinski definition) is 0. The monoisotopic (exact) mass is 209 g/mol. The van der Waals surface area contributed by atoms with Crippen LogP contribution in [-0.4, -0.2) is 0 Å². The summed E-state index contributed by atoms with van der Waals surface area (Å²) in [5.41, 5.74) is -0.354. The molecule has 0 amide bonds. The minimum atomic E-state index is -2.83. The summed E-state index contributed by atoms with van der Waals surface area (Å²) in [6, 6.07) is 5.03. The molecule has 0 saturated heterocycles. The van der Waals surface area contributed by atoms with Crippen molar-refractivity contribution in [3.63, 3.8) is 0 Å². The first-order chi connectivity index (χ1) is 7.15. The summed E-state index contributed by atoms with van der Waals surface area (Å²) >= 11 is 0. The third-order valence-corrected chi connectivity index (χ3v) is 1.64. The molecule has 0 aliphatic heterocycles. The van der Waals surface area contributed by atoms with Crippen molar-refractivity contribution in [3.05, 3.63) is 35.1 Å². The number of halogens is 3. The van der Waals surface area contributed by atoms with Crippen molar-refractivity contribution < 1.29 is 13.2 Å². The van der Waals surface area contributed by atoms with Crippen molar-refractivity contribution >= 4 is 0 Å². The largest absolute Gasteiger partial charge is 0.266 e. The van der Waals surface area contributed by atoms with Crippen LogP contribution < -0.4 is 0 Å². The first-order valence-corrected chi connectivity index (χ1v) is 4.08. The van der Waals surface area contributed by atoms with Crippen LogP contribution in [0, 0.1) is 29.0 Å². The number of alkyl halides is 2. The highest BCUT2D eigenvalue weighted by Gasteiger charge is 2.12. The normalized spacial score (nSPS) is 9.27. The van der Waals surface area contributed by atoms with E-state index in [9.17, 15) is 13.2 Å². The van der Waals surface area contributed by atoms with Crippen LogP contribution >= 0.6 is 0 Å². The molecule has 0 radical (unpaired) electrons. The summed E-state index contributed by atoms with van der Waals surface area (Å²) in [5, 5.41) is 8.19. The van der Waals surface area contributed by atoms with Gasteiger partial charge < -0.3 is 0 Å². The second-order valence-corrected chi connectivity index (χ2v) is 2.67. The minimum Gasteiger partial charge on any atom is -0.206 e. The van der Waals surface area contributed by atoms with Crippen LogP contribution in [-0.2, 0) is 0 Å². The molecule has 0 spiro atoms. The molecule has 0 unspecified atom stereocenters. The number of benzene rings is 1. The predicted octanol–water partition coefficient (Wildman–Crippen LogP) is 3.03. The van der Waals surface area contributed by atoms with Gasteiger partial charge in [0, 0.05) is 5.56 Å². The van der Waals surface area contributed by atoms with E-state index in [2.05, 4.69) is 11.8 Å². The van der Waals surface area contributed by atoms with Crippen molar-refractivity contribution in [2.24, 2.45) is 0 Å². The Morgan fingerprint density at radius 1 is 1.33 bits per heavy atom. The van der Waals surface area contributed by atoms with E-state index < -0.39 is 17.8 Å². The molecule has 1 nitrogen and oxygen atoms in total. The van der Waals surface area contributed by atoms with Crippen LogP contribution in [0.4, 0.5) is 13.2 Å². The topological polar surface area (TPSA) is 23.8 Å². The Balaban J connectivity index is 2.94. The van der Waals surface area contributed by atoms with Gasteiger partial charge in [-0.3, -0.25) is 0 Å². The maximum Gasteiger partial charge on any atom is 0.266 e. The average molecular weight is 209 g/mol. The fourth-order valence-corrected chi connectivity index (χ4v) is 0.968. The lowest BCUT2D eigenvalue weighted by molar-refractivity contribution is 0.146. The van der Waals surface area contributed by atoms with Gasteiger partial charge in [0.1, 0.15) is 5.82 Å². The molecule has 0 saturated carbocycles. The predicted molar refractivity (Wildman–Crippen MR) is 48.5 cm³/mol. The highest BCUT2D eigenvalue weighted by atomic mass is 19.3. The van der Waals surface area contributed by atoms with Crippen molar-refractivity contribution in [1.82, 2.24) is 0 Å². The van der Waals surface area contributed by atoms with E-state index in [0.717, 1.165) is 12.1 Å².